The zero-order valence-corrected chi connectivity index (χ0v) is 14.1. The van der Waals surface area contributed by atoms with Crippen LogP contribution in [0.15, 0.2) is 16.3 Å². The van der Waals surface area contributed by atoms with Crippen molar-refractivity contribution in [1.29, 1.82) is 0 Å². The number of hydrogen-bond acceptors (Lipinski definition) is 5. The van der Waals surface area contributed by atoms with E-state index in [0.717, 1.165) is 11.4 Å². The minimum Gasteiger partial charge on any atom is -0.383 e. The first-order chi connectivity index (χ1) is 9.40. The highest BCUT2D eigenvalue weighted by atomic mass is 32.2. The van der Waals surface area contributed by atoms with Crippen LogP contribution >= 0.6 is 11.3 Å². The SMILES string of the molecule is CCNCc1cc(S(=O)(=O)NC(COC)C(C)C)cs1. The van der Waals surface area contributed by atoms with Gasteiger partial charge in [0.15, 0.2) is 0 Å². The summed E-state index contributed by atoms with van der Waals surface area (Å²) in [4.78, 5) is 1.34. The molecule has 0 fully saturated rings. The van der Waals surface area contributed by atoms with Gasteiger partial charge in [0.2, 0.25) is 10.0 Å². The first-order valence-corrected chi connectivity index (χ1v) is 9.06. The van der Waals surface area contributed by atoms with Crippen LogP contribution in [0.4, 0.5) is 0 Å². The van der Waals surface area contributed by atoms with Crippen molar-refractivity contribution in [3.8, 4) is 0 Å². The van der Waals surface area contributed by atoms with E-state index >= 15 is 0 Å². The maximum Gasteiger partial charge on any atom is 0.241 e. The third kappa shape index (κ3) is 5.14. The highest BCUT2D eigenvalue weighted by Gasteiger charge is 2.23. The van der Waals surface area contributed by atoms with Gasteiger partial charge in [0.25, 0.3) is 0 Å². The lowest BCUT2D eigenvalue weighted by Gasteiger charge is -2.20. The van der Waals surface area contributed by atoms with E-state index in [1.807, 2.05) is 20.8 Å². The van der Waals surface area contributed by atoms with Gasteiger partial charge in [0, 0.05) is 30.0 Å². The van der Waals surface area contributed by atoms with Gasteiger partial charge in [-0.3, -0.25) is 0 Å². The van der Waals surface area contributed by atoms with Gasteiger partial charge in [-0.25, -0.2) is 13.1 Å². The van der Waals surface area contributed by atoms with E-state index in [0.29, 0.717) is 18.0 Å². The second-order valence-corrected chi connectivity index (χ2v) is 7.67. The van der Waals surface area contributed by atoms with Gasteiger partial charge in [0.05, 0.1) is 11.5 Å². The first kappa shape index (κ1) is 17.6. The Balaban J connectivity index is 2.79. The van der Waals surface area contributed by atoms with E-state index < -0.39 is 10.0 Å². The Morgan fingerprint density at radius 2 is 2.10 bits per heavy atom. The predicted octanol–water partition coefficient (Wildman–Crippen LogP) is 1.81. The maximum absolute atomic E-state index is 12.3. The molecule has 1 heterocycles. The summed E-state index contributed by atoms with van der Waals surface area (Å²) < 4.78 is 32.4. The summed E-state index contributed by atoms with van der Waals surface area (Å²) in [6.45, 7) is 7.88. The van der Waals surface area contributed by atoms with Gasteiger partial charge in [-0.1, -0.05) is 20.8 Å². The number of sulfonamides is 1. The van der Waals surface area contributed by atoms with Gasteiger partial charge < -0.3 is 10.1 Å². The molecule has 2 N–H and O–H groups in total. The molecule has 0 saturated carbocycles. The van der Waals surface area contributed by atoms with E-state index in [2.05, 4.69) is 10.0 Å². The average Bonchev–Trinajstić information content (AvgIpc) is 2.85. The van der Waals surface area contributed by atoms with Crippen LogP contribution in [0.25, 0.3) is 0 Å². The van der Waals surface area contributed by atoms with E-state index in [9.17, 15) is 8.42 Å². The van der Waals surface area contributed by atoms with Crippen molar-refractivity contribution in [1.82, 2.24) is 10.0 Å². The molecular formula is C13H24N2O3S2. The molecule has 1 rings (SSSR count). The Labute approximate surface area is 125 Å². The molecule has 0 aliphatic carbocycles. The molecule has 0 bridgehead atoms. The zero-order valence-electron chi connectivity index (χ0n) is 12.5. The van der Waals surface area contributed by atoms with E-state index in [1.54, 1.807) is 18.6 Å². The third-order valence-corrected chi connectivity index (χ3v) is 5.50. The molecule has 0 amide bonds. The Morgan fingerprint density at radius 3 is 2.65 bits per heavy atom. The summed E-state index contributed by atoms with van der Waals surface area (Å²) in [5.41, 5.74) is 0. The summed E-state index contributed by atoms with van der Waals surface area (Å²) >= 11 is 1.45. The largest absolute Gasteiger partial charge is 0.383 e. The molecule has 1 aromatic heterocycles. The highest BCUT2D eigenvalue weighted by molar-refractivity contribution is 7.89. The van der Waals surface area contributed by atoms with Gasteiger partial charge in [0.1, 0.15) is 0 Å². The van der Waals surface area contributed by atoms with E-state index in [1.165, 1.54) is 11.3 Å². The number of hydrogen-bond donors (Lipinski definition) is 2. The number of ether oxygens (including phenoxy) is 1. The number of methoxy groups -OCH3 is 1. The number of rotatable bonds is 9. The van der Waals surface area contributed by atoms with Crippen LogP contribution in [0, 0.1) is 5.92 Å². The second kappa shape index (κ2) is 8.09. The van der Waals surface area contributed by atoms with Crippen LogP contribution in [0.3, 0.4) is 0 Å². The fourth-order valence-electron chi connectivity index (χ4n) is 1.65. The molecule has 1 aromatic rings. The highest BCUT2D eigenvalue weighted by Crippen LogP contribution is 2.20. The van der Waals surface area contributed by atoms with Gasteiger partial charge in [-0.15, -0.1) is 11.3 Å². The Kier molecular flexibility index (Phi) is 7.11. The minimum atomic E-state index is -3.48. The lowest BCUT2D eigenvalue weighted by Crippen LogP contribution is -2.41. The van der Waals surface area contributed by atoms with E-state index in [4.69, 9.17) is 4.74 Å². The Bertz CT molecular complexity index is 497. The second-order valence-electron chi connectivity index (χ2n) is 4.96. The molecule has 7 heteroatoms. The summed E-state index contributed by atoms with van der Waals surface area (Å²) in [5.74, 6) is 0.171. The van der Waals surface area contributed by atoms with Crippen LogP contribution in [-0.2, 0) is 21.3 Å². The normalized spacial score (nSPS) is 13.8. The third-order valence-electron chi connectivity index (χ3n) is 2.95. The van der Waals surface area contributed by atoms with Crippen molar-refractivity contribution in [2.75, 3.05) is 20.3 Å². The first-order valence-electron chi connectivity index (χ1n) is 6.70. The van der Waals surface area contributed by atoms with Crippen molar-refractivity contribution in [3.05, 3.63) is 16.3 Å². The molecule has 0 saturated heterocycles. The Morgan fingerprint density at radius 1 is 1.40 bits per heavy atom. The van der Waals surface area contributed by atoms with Gasteiger partial charge in [-0.05, 0) is 18.5 Å². The fraction of sp³-hybridized carbons (Fsp3) is 0.692. The molecule has 0 aromatic carbocycles. The van der Waals surface area contributed by atoms with Crippen molar-refractivity contribution < 1.29 is 13.2 Å². The fourth-order valence-corrected chi connectivity index (χ4v) is 4.27. The quantitative estimate of drug-likeness (QED) is 0.728. The Hall–Kier alpha value is -0.470. The van der Waals surface area contributed by atoms with Gasteiger partial charge in [-0.2, -0.15) is 0 Å². The van der Waals surface area contributed by atoms with Crippen LogP contribution in [0.2, 0.25) is 0 Å². The van der Waals surface area contributed by atoms with Crippen LogP contribution in [0.1, 0.15) is 25.6 Å². The molecule has 5 nitrogen and oxygen atoms in total. The van der Waals surface area contributed by atoms with Crippen molar-refractivity contribution in [2.24, 2.45) is 5.92 Å². The predicted molar refractivity (Wildman–Crippen MR) is 82.5 cm³/mol. The molecule has 1 atom stereocenters. The van der Waals surface area contributed by atoms with Crippen molar-refractivity contribution in [2.45, 2.75) is 38.3 Å². The van der Waals surface area contributed by atoms with Crippen LogP contribution < -0.4 is 10.0 Å². The molecule has 0 spiro atoms. The topological polar surface area (TPSA) is 67.4 Å². The minimum absolute atomic E-state index is 0.171. The zero-order chi connectivity index (χ0) is 15.2. The summed E-state index contributed by atoms with van der Waals surface area (Å²) in [5, 5.41) is 4.86. The van der Waals surface area contributed by atoms with Crippen molar-refractivity contribution in [3.63, 3.8) is 0 Å². The molecule has 0 radical (unpaired) electrons. The lowest BCUT2D eigenvalue weighted by molar-refractivity contribution is 0.157. The van der Waals surface area contributed by atoms with Crippen LogP contribution in [-0.4, -0.2) is 34.7 Å². The summed E-state index contributed by atoms with van der Waals surface area (Å²) in [6, 6.07) is 1.50. The number of nitrogens with one attached hydrogen (secondary N) is 2. The maximum atomic E-state index is 12.3. The summed E-state index contributed by atoms with van der Waals surface area (Å²) in [6.07, 6.45) is 0. The molecule has 116 valence electrons. The molecule has 20 heavy (non-hydrogen) atoms. The summed E-state index contributed by atoms with van der Waals surface area (Å²) in [7, 11) is -1.91. The molecule has 0 aliphatic rings. The van der Waals surface area contributed by atoms with Gasteiger partial charge >= 0.3 is 0 Å². The lowest BCUT2D eigenvalue weighted by atomic mass is 10.1. The van der Waals surface area contributed by atoms with Crippen LogP contribution in [0.5, 0.6) is 0 Å². The van der Waals surface area contributed by atoms with E-state index in [-0.39, 0.29) is 12.0 Å². The molecular weight excluding hydrogens is 296 g/mol. The standard InChI is InChI=1S/C13H24N2O3S2/c1-5-14-7-11-6-12(9-19-11)20(16,17)15-13(8-18-4)10(2)3/h6,9-10,13-15H,5,7-8H2,1-4H3. The molecule has 0 aliphatic heterocycles. The molecule has 1 unspecified atom stereocenters. The average molecular weight is 320 g/mol. The smallest absolute Gasteiger partial charge is 0.241 e. The monoisotopic (exact) mass is 320 g/mol. The number of thiophene rings is 1. The van der Waals surface area contributed by atoms with Crippen molar-refractivity contribution >= 4 is 21.4 Å².